The Kier molecular flexibility index (Phi) is 6.87. The number of hydrogen-bond acceptors (Lipinski definition) is 3. The van der Waals surface area contributed by atoms with Crippen molar-refractivity contribution in [3.8, 4) is 11.1 Å². The van der Waals surface area contributed by atoms with Gasteiger partial charge in [-0.2, -0.15) is 0 Å². The Morgan fingerprint density at radius 1 is 1.03 bits per heavy atom. The van der Waals surface area contributed by atoms with Gasteiger partial charge in [0.05, 0.1) is 11.0 Å². The topological polar surface area (TPSA) is 62.3 Å². The summed E-state index contributed by atoms with van der Waals surface area (Å²) in [6, 6.07) is 20.5. The van der Waals surface area contributed by atoms with Crippen LogP contribution in [0.15, 0.2) is 73.1 Å². The van der Waals surface area contributed by atoms with Crippen LogP contribution in [0.2, 0.25) is 0 Å². The summed E-state index contributed by atoms with van der Waals surface area (Å²) in [4.78, 5) is 32.3. The van der Waals surface area contributed by atoms with E-state index >= 15 is 0 Å². The molecule has 2 amide bonds. The number of aromatic nitrogens is 1. The zero-order chi connectivity index (χ0) is 23.3. The number of pyridine rings is 1. The molecule has 5 heteroatoms. The smallest absolute Gasteiger partial charge is 0.255 e. The predicted octanol–water partition coefficient (Wildman–Crippen LogP) is 4.66. The second-order valence-corrected chi connectivity index (χ2v) is 8.95. The first-order chi connectivity index (χ1) is 16.0. The number of carbonyl (C=O) groups is 2. The molecular formula is C28H31N3O2. The molecular weight excluding hydrogens is 410 g/mol. The fraction of sp³-hybridized carbons (Fsp3) is 0.321. The maximum absolute atomic E-state index is 13.3. The lowest BCUT2D eigenvalue weighted by molar-refractivity contribution is -0.133. The third-order valence-electron chi connectivity index (χ3n) is 6.47. The second kappa shape index (κ2) is 9.99. The van der Waals surface area contributed by atoms with Crippen molar-refractivity contribution in [3.63, 3.8) is 0 Å². The minimum absolute atomic E-state index is 0.0243. The van der Waals surface area contributed by atoms with E-state index in [0.717, 1.165) is 24.0 Å². The summed E-state index contributed by atoms with van der Waals surface area (Å²) in [5.74, 6) is -0.0394. The van der Waals surface area contributed by atoms with Crippen LogP contribution in [0.1, 0.15) is 41.3 Å². The van der Waals surface area contributed by atoms with Crippen LogP contribution in [0.4, 0.5) is 0 Å². The molecule has 1 aliphatic heterocycles. The first kappa shape index (κ1) is 22.7. The maximum Gasteiger partial charge on any atom is 0.255 e. The van der Waals surface area contributed by atoms with E-state index < -0.39 is 5.41 Å². The standard InChI is InChI=1S/C28H31N3O2/c1-3-30-27(33)28(15-5-17-31(20-28)26(32)25-6-4-16-29-19-25)18-22-9-13-24(14-10-22)23-11-7-21(2)8-12-23/h4,6-14,16,19H,3,5,15,17-18,20H2,1-2H3,(H,30,33)/t28-/m0/s1. The number of nitrogens with zero attached hydrogens (tertiary/aromatic N) is 2. The Balaban J connectivity index is 1.57. The zero-order valence-corrected chi connectivity index (χ0v) is 19.4. The van der Waals surface area contributed by atoms with Crippen LogP contribution in [0, 0.1) is 12.3 Å². The number of benzene rings is 2. The number of nitrogens with one attached hydrogen (secondary N) is 1. The summed E-state index contributed by atoms with van der Waals surface area (Å²) < 4.78 is 0. The Hall–Kier alpha value is -3.47. The molecule has 4 rings (SSSR count). The molecule has 1 aliphatic rings. The van der Waals surface area contributed by atoms with Crippen LogP contribution in [0.5, 0.6) is 0 Å². The summed E-state index contributed by atoms with van der Waals surface area (Å²) in [7, 11) is 0. The van der Waals surface area contributed by atoms with E-state index in [1.165, 1.54) is 11.1 Å². The van der Waals surface area contributed by atoms with Gasteiger partial charge in [0.25, 0.3) is 5.91 Å². The number of aryl methyl sites for hydroxylation is 1. The van der Waals surface area contributed by atoms with Crippen LogP contribution in [-0.4, -0.2) is 41.3 Å². The Bertz CT molecular complexity index is 1090. The van der Waals surface area contributed by atoms with Crippen molar-refractivity contribution in [2.45, 2.75) is 33.1 Å². The van der Waals surface area contributed by atoms with E-state index in [0.29, 0.717) is 31.6 Å². The fourth-order valence-corrected chi connectivity index (χ4v) is 4.69. The third-order valence-corrected chi connectivity index (χ3v) is 6.47. The van der Waals surface area contributed by atoms with E-state index in [9.17, 15) is 9.59 Å². The van der Waals surface area contributed by atoms with Gasteiger partial charge in [0, 0.05) is 32.0 Å². The van der Waals surface area contributed by atoms with Crippen molar-refractivity contribution in [2.75, 3.05) is 19.6 Å². The second-order valence-electron chi connectivity index (χ2n) is 8.95. The van der Waals surface area contributed by atoms with Gasteiger partial charge < -0.3 is 10.2 Å². The van der Waals surface area contributed by atoms with Crippen LogP contribution < -0.4 is 5.32 Å². The van der Waals surface area contributed by atoms with E-state index in [1.54, 1.807) is 24.5 Å². The molecule has 0 unspecified atom stereocenters. The molecule has 33 heavy (non-hydrogen) atoms. The molecule has 0 aliphatic carbocycles. The number of amides is 2. The molecule has 2 heterocycles. The van der Waals surface area contributed by atoms with Gasteiger partial charge in [-0.25, -0.2) is 0 Å². The first-order valence-corrected chi connectivity index (χ1v) is 11.6. The van der Waals surface area contributed by atoms with Crippen molar-refractivity contribution < 1.29 is 9.59 Å². The molecule has 0 bridgehead atoms. The van der Waals surface area contributed by atoms with Crippen molar-refractivity contribution in [2.24, 2.45) is 5.41 Å². The number of likely N-dealkylation sites (tertiary alicyclic amines) is 1. The quantitative estimate of drug-likeness (QED) is 0.605. The van der Waals surface area contributed by atoms with Crippen molar-refractivity contribution in [1.82, 2.24) is 15.2 Å². The van der Waals surface area contributed by atoms with Gasteiger partial charge >= 0.3 is 0 Å². The van der Waals surface area contributed by atoms with Crippen molar-refractivity contribution in [1.29, 1.82) is 0 Å². The van der Waals surface area contributed by atoms with Gasteiger partial charge in [0.2, 0.25) is 5.91 Å². The summed E-state index contributed by atoms with van der Waals surface area (Å²) >= 11 is 0. The van der Waals surface area contributed by atoms with Crippen LogP contribution in [0.25, 0.3) is 11.1 Å². The third kappa shape index (κ3) is 5.14. The summed E-state index contributed by atoms with van der Waals surface area (Å²) in [6.45, 7) is 5.65. The molecule has 0 saturated carbocycles. The van der Waals surface area contributed by atoms with Crippen LogP contribution >= 0.6 is 0 Å². The van der Waals surface area contributed by atoms with Crippen molar-refractivity contribution >= 4 is 11.8 Å². The van der Waals surface area contributed by atoms with Gasteiger partial charge in [-0.05, 0) is 61.9 Å². The zero-order valence-electron chi connectivity index (χ0n) is 19.4. The van der Waals surface area contributed by atoms with E-state index in [1.807, 2.05) is 11.8 Å². The van der Waals surface area contributed by atoms with Gasteiger partial charge in [0.15, 0.2) is 0 Å². The minimum atomic E-state index is -0.641. The lowest BCUT2D eigenvalue weighted by Gasteiger charge is -2.42. The highest BCUT2D eigenvalue weighted by molar-refractivity contribution is 5.94. The lowest BCUT2D eigenvalue weighted by Crippen LogP contribution is -2.54. The average Bonchev–Trinajstić information content (AvgIpc) is 2.85. The molecule has 170 valence electrons. The SMILES string of the molecule is CCNC(=O)[C@]1(Cc2ccc(-c3ccc(C)cc3)cc2)CCCN(C(=O)c2cccnc2)C1. The molecule has 0 radical (unpaired) electrons. The molecule has 5 nitrogen and oxygen atoms in total. The summed E-state index contributed by atoms with van der Waals surface area (Å²) in [6.07, 6.45) is 5.41. The number of hydrogen-bond donors (Lipinski definition) is 1. The van der Waals surface area contributed by atoms with Crippen LogP contribution in [-0.2, 0) is 11.2 Å². The molecule has 1 fully saturated rings. The molecule has 1 atom stereocenters. The van der Waals surface area contributed by atoms with Crippen molar-refractivity contribution in [3.05, 3.63) is 89.7 Å². The Morgan fingerprint density at radius 3 is 2.36 bits per heavy atom. The molecule has 2 aromatic carbocycles. The largest absolute Gasteiger partial charge is 0.356 e. The number of piperidine rings is 1. The Labute approximate surface area is 195 Å². The average molecular weight is 442 g/mol. The summed E-state index contributed by atoms with van der Waals surface area (Å²) in [5.41, 5.74) is 4.60. The van der Waals surface area contributed by atoms with E-state index in [-0.39, 0.29) is 11.8 Å². The molecule has 0 spiro atoms. The monoisotopic (exact) mass is 441 g/mol. The van der Waals surface area contributed by atoms with Gasteiger partial charge in [-0.1, -0.05) is 54.1 Å². The van der Waals surface area contributed by atoms with Crippen LogP contribution in [0.3, 0.4) is 0 Å². The highest BCUT2D eigenvalue weighted by Crippen LogP contribution is 2.35. The van der Waals surface area contributed by atoms with Gasteiger partial charge in [-0.15, -0.1) is 0 Å². The molecule has 3 aromatic rings. The van der Waals surface area contributed by atoms with Gasteiger partial charge in [0.1, 0.15) is 0 Å². The lowest BCUT2D eigenvalue weighted by atomic mass is 9.74. The highest BCUT2D eigenvalue weighted by Gasteiger charge is 2.43. The Morgan fingerprint density at radius 2 is 1.73 bits per heavy atom. The van der Waals surface area contributed by atoms with Gasteiger partial charge in [-0.3, -0.25) is 14.6 Å². The first-order valence-electron chi connectivity index (χ1n) is 11.6. The van der Waals surface area contributed by atoms with E-state index in [4.69, 9.17) is 0 Å². The summed E-state index contributed by atoms with van der Waals surface area (Å²) in [5, 5.41) is 3.03. The normalized spacial score (nSPS) is 18.1. The number of carbonyl (C=O) groups excluding carboxylic acids is 2. The molecule has 1 aromatic heterocycles. The maximum atomic E-state index is 13.3. The number of rotatable bonds is 6. The molecule has 1 saturated heterocycles. The fourth-order valence-electron chi connectivity index (χ4n) is 4.69. The minimum Gasteiger partial charge on any atom is -0.356 e. The highest BCUT2D eigenvalue weighted by atomic mass is 16.2. The molecule has 1 N–H and O–H groups in total. The predicted molar refractivity (Wildman–Crippen MR) is 131 cm³/mol. The van der Waals surface area contributed by atoms with E-state index in [2.05, 4.69) is 65.8 Å².